The molecule has 2 aromatic heterocycles. The van der Waals surface area contributed by atoms with Crippen LogP contribution in [0, 0.1) is 6.92 Å². The summed E-state index contributed by atoms with van der Waals surface area (Å²) in [4.78, 5) is 8.75. The van der Waals surface area contributed by atoms with E-state index in [0.717, 1.165) is 22.6 Å². The second-order valence-electron chi connectivity index (χ2n) is 5.05. The standard InChI is InChI=1S/C16H21N3O/c1-11(2)20-14-8-13(9-18-10-14)16(17-4)15-12(3)6-5-7-19-15/h5-11,16-17H,1-4H3. The van der Waals surface area contributed by atoms with Crippen LogP contribution in [-0.4, -0.2) is 23.1 Å². The number of hydrogen-bond acceptors (Lipinski definition) is 4. The monoisotopic (exact) mass is 271 g/mol. The normalized spacial score (nSPS) is 12.4. The zero-order valence-corrected chi connectivity index (χ0v) is 12.4. The third-order valence-corrected chi connectivity index (χ3v) is 3.05. The lowest BCUT2D eigenvalue weighted by molar-refractivity contribution is 0.241. The molecule has 0 spiro atoms. The summed E-state index contributed by atoms with van der Waals surface area (Å²) < 4.78 is 5.70. The van der Waals surface area contributed by atoms with E-state index in [1.54, 1.807) is 6.20 Å². The summed E-state index contributed by atoms with van der Waals surface area (Å²) >= 11 is 0. The molecule has 0 amide bonds. The molecule has 1 unspecified atom stereocenters. The lowest BCUT2D eigenvalue weighted by atomic mass is 10.0. The molecule has 2 heterocycles. The van der Waals surface area contributed by atoms with E-state index in [1.165, 1.54) is 0 Å². The first kappa shape index (κ1) is 14.5. The molecule has 20 heavy (non-hydrogen) atoms. The van der Waals surface area contributed by atoms with Gasteiger partial charge in [0.15, 0.2) is 0 Å². The van der Waals surface area contributed by atoms with Crippen LogP contribution in [0.1, 0.15) is 36.7 Å². The zero-order valence-electron chi connectivity index (χ0n) is 12.4. The summed E-state index contributed by atoms with van der Waals surface area (Å²) in [6.07, 6.45) is 5.54. The molecule has 0 aliphatic rings. The molecule has 1 atom stereocenters. The number of pyridine rings is 2. The van der Waals surface area contributed by atoms with E-state index in [-0.39, 0.29) is 12.1 Å². The fourth-order valence-electron chi connectivity index (χ4n) is 2.19. The third-order valence-electron chi connectivity index (χ3n) is 3.05. The average molecular weight is 271 g/mol. The van der Waals surface area contributed by atoms with Gasteiger partial charge in [0.05, 0.1) is 24.0 Å². The van der Waals surface area contributed by atoms with Gasteiger partial charge >= 0.3 is 0 Å². The van der Waals surface area contributed by atoms with Gasteiger partial charge in [0, 0.05) is 12.4 Å². The molecule has 0 radical (unpaired) electrons. The molecule has 0 saturated heterocycles. The average Bonchev–Trinajstić information content (AvgIpc) is 2.41. The van der Waals surface area contributed by atoms with Crippen LogP contribution in [0.2, 0.25) is 0 Å². The van der Waals surface area contributed by atoms with Crippen molar-refractivity contribution in [2.75, 3.05) is 7.05 Å². The summed E-state index contributed by atoms with van der Waals surface area (Å²) in [7, 11) is 1.93. The van der Waals surface area contributed by atoms with E-state index in [2.05, 4.69) is 28.3 Å². The summed E-state index contributed by atoms with van der Waals surface area (Å²) in [5.74, 6) is 0.784. The van der Waals surface area contributed by atoms with E-state index in [0.29, 0.717) is 0 Å². The van der Waals surface area contributed by atoms with Crippen molar-refractivity contribution >= 4 is 0 Å². The molecular formula is C16H21N3O. The zero-order chi connectivity index (χ0) is 14.5. The Morgan fingerprint density at radius 1 is 1.25 bits per heavy atom. The van der Waals surface area contributed by atoms with Crippen molar-refractivity contribution in [2.45, 2.75) is 32.9 Å². The van der Waals surface area contributed by atoms with Gasteiger partial charge in [0.2, 0.25) is 0 Å². The van der Waals surface area contributed by atoms with Crippen LogP contribution in [0.15, 0.2) is 36.8 Å². The first-order valence-corrected chi connectivity index (χ1v) is 6.82. The van der Waals surface area contributed by atoms with Gasteiger partial charge in [-0.3, -0.25) is 9.97 Å². The Hall–Kier alpha value is -1.94. The van der Waals surface area contributed by atoms with Gasteiger partial charge in [-0.15, -0.1) is 0 Å². The molecule has 2 aromatic rings. The summed E-state index contributed by atoms with van der Waals surface area (Å²) in [5.41, 5.74) is 3.22. The highest BCUT2D eigenvalue weighted by Gasteiger charge is 2.16. The number of aromatic nitrogens is 2. The lowest BCUT2D eigenvalue weighted by Gasteiger charge is -2.19. The number of ether oxygens (including phenoxy) is 1. The molecule has 0 aliphatic carbocycles. The lowest BCUT2D eigenvalue weighted by Crippen LogP contribution is -2.20. The molecule has 0 fully saturated rings. The molecule has 2 rings (SSSR count). The maximum Gasteiger partial charge on any atom is 0.138 e. The van der Waals surface area contributed by atoms with Crippen LogP contribution < -0.4 is 10.1 Å². The van der Waals surface area contributed by atoms with Crippen LogP contribution in [0.4, 0.5) is 0 Å². The predicted octanol–water partition coefficient (Wildman–Crippen LogP) is 2.88. The first-order chi connectivity index (χ1) is 9.61. The van der Waals surface area contributed by atoms with Crippen molar-refractivity contribution in [3.05, 3.63) is 53.6 Å². The van der Waals surface area contributed by atoms with Gasteiger partial charge in [0.25, 0.3) is 0 Å². The van der Waals surface area contributed by atoms with Crippen molar-refractivity contribution in [3.63, 3.8) is 0 Å². The minimum absolute atomic E-state index is 0.0133. The van der Waals surface area contributed by atoms with Crippen LogP contribution in [0.5, 0.6) is 5.75 Å². The number of aryl methyl sites for hydroxylation is 1. The van der Waals surface area contributed by atoms with Gasteiger partial charge in [-0.1, -0.05) is 6.07 Å². The Morgan fingerprint density at radius 2 is 2.05 bits per heavy atom. The van der Waals surface area contributed by atoms with E-state index in [9.17, 15) is 0 Å². The van der Waals surface area contributed by atoms with Crippen LogP contribution in [0.25, 0.3) is 0 Å². The highest BCUT2D eigenvalue weighted by atomic mass is 16.5. The topological polar surface area (TPSA) is 47.0 Å². The second-order valence-corrected chi connectivity index (χ2v) is 5.05. The maximum absolute atomic E-state index is 5.70. The largest absolute Gasteiger partial charge is 0.489 e. The second kappa shape index (κ2) is 6.48. The molecule has 106 valence electrons. The molecule has 4 heteroatoms. The van der Waals surface area contributed by atoms with Crippen molar-refractivity contribution in [3.8, 4) is 5.75 Å². The Morgan fingerprint density at radius 3 is 2.70 bits per heavy atom. The van der Waals surface area contributed by atoms with Crippen LogP contribution >= 0.6 is 0 Å². The van der Waals surface area contributed by atoms with E-state index in [4.69, 9.17) is 4.74 Å². The van der Waals surface area contributed by atoms with Gasteiger partial charge in [0.1, 0.15) is 5.75 Å². The minimum Gasteiger partial charge on any atom is -0.489 e. The molecule has 0 aliphatic heterocycles. The van der Waals surface area contributed by atoms with Crippen molar-refractivity contribution in [2.24, 2.45) is 0 Å². The summed E-state index contributed by atoms with van der Waals surface area (Å²) in [5, 5.41) is 3.30. The summed E-state index contributed by atoms with van der Waals surface area (Å²) in [6.45, 7) is 6.07. The smallest absolute Gasteiger partial charge is 0.138 e. The molecule has 0 saturated carbocycles. The Labute approximate surface area is 120 Å². The highest BCUT2D eigenvalue weighted by molar-refractivity contribution is 5.34. The molecule has 0 bridgehead atoms. The van der Waals surface area contributed by atoms with E-state index < -0.39 is 0 Å². The maximum atomic E-state index is 5.70. The summed E-state index contributed by atoms with van der Waals surface area (Å²) in [6, 6.07) is 6.04. The number of hydrogen-bond donors (Lipinski definition) is 1. The minimum atomic E-state index is 0.0133. The van der Waals surface area contributed by atoms with Crippen LogP contribution in [-0.2, 0) is 0 Å². The first-order valence-electron chi connectivity index (χ1n) is 6.82. The number of nitrogens with one attached hydrogen (secondary N) is 1. The fraction of sp³-hybridized carbons (Fsp3) is 0.375. The van der Waals surface area contributed by atoms with E-state index in [1.807, 2.05) is 45.4 Å². The molecule has 4 nitrogen and oxygen atoms in total. The quantitative estimate of drug-likeness (QED) is 0.908. The molecule has 0 aromatic carbocycles. The Bertz CT molecular complexity index is 569. The predicted molar refractivity (Wildman–Crippen MR) is 79.9 cm³/mol. The van der Waals surface area contributed by atoms with Crippen molar-refractivity contribution in [1.29, 1.82) is 0 Å². The van der Waals surface area contributed by atoms with E-state index >= 15 is 0 Å². The SMILES string of the molecule is CNC(c1cncc(OC(C)C)c1)c1ncccc1C. The fourth-order valence-corrected chi connectivity index (χ4v) is 2.19. The van der Waals surface area contributed by atoms with Gasteiger partial charge in [-0.05, 0) is 51.1 Å². The third kappa shape index (κ3) is 3.33. The Balaban J connectivity index is 2.35. The van der Waals surface area contributed by atoms with Gasteiger partial charge in [-0.25, -0.2) is 0 Å². The highest BCUT2D eigenvalue weighted by Crippen LogP contribution is 2.25. The number of nitrogens with zero attached hydrogens (tertiary/aromatic N) is 2. The molecular weight excluding hydrogens is 250 g/mol. The number of rotatable bonds is 5. The van der Waals surface area contributed by atoms with Crippen molar-refractivity contribution < 1.29 is 4.74 Å². The van der Waals surface area contributed by atoms with Crippen LogP contribution in [0.3, 0.4) is 0 Å². The Kier molecular flexibility index (Phi) is 4.69. The van der Waals surface area contributed by atoms with Gasteiger partial charge in [-0.2, -0.15) is 0 Å². The van der Waals surface area contributed by atoms with Crippen molar-refractivity contribution in [1.82, 2.24) is 15.3 Å². The van der Waals surface area contributed by atoms with Gasteiger partial charge < -0.3 is 10.1 Å². The molecule has 1 N–H and O–H groups in total.